The van der Waals surface area contributed by atoms with Crippen LogP contribution in [0, 0.1) is 0 Å². The molecule has 0 aliphatic heterocycles. The lowest BCUT2D eigenvalue weighted by Crippen LogP contribution is -2.16. The first kappa shape index (κ1) is 22.5. The third-order valence-corrected chi connectivity index (χ3v) is 4.85. The number of carbonyl (C=O) groups excluding carboxylic acids is 2. The summed E-state index contributed by atoms with van der Waals surface area (Å²) in [7, 11) is 0. The van der Waals surface area contributed by atoms with Crippen molar-refractivity contribution in [2.24, 2.45) is 0 Å². The zero-order chi connectivity index (χ0) is 22.6. The second-order valence-electron chi connectivity index (χ2n) is 6.19. The number of anilines is 2. The fraction of sp³-hybridized carbons (Fsp3) is 0.0476. The van der Waals surface area contributed by atoms with Crippen molar-refractivity contribution in [1.29, 1.82) is 0 Å². The lowest BCUT2D eigenvalue weighted by Gasteiger charge is -2.15. The van der Waals surface area contributed by atoms with Crippen LogP contribution in [0.25, 0.3) is 6.08 Å². The van der Waals surface area contributed by atoms with Crippen LogP contribution in [0.3, 0.4) is 0 Å². The maximum atomic E-state index is 13.5. The van der Waals surface area contributed by atoms with Crippen molar-refractivity contribution in [2.75, 3.05) is 10.6 Å². The van der Waals surface area contributed by atoms with Gasteiger partial charge in [0.15, 0.2) is 0 Å². The molecule has 2 N–H and O–H groups in total. The van der Waals surface area contributed by atoms with Gasteiger partial charge in [-0.2, -0.15) is 13.2 Å². The molecule has 1 heterocycles. The van der Waals surface area contributed by atoms with Crippen LogP contribution in [-0.2, 0) is 11.0 Å². The van der Waals surface area contributed by atoms with Crippen molar-refractivity contribution >= 4 is 52.5 Å². The molecule has 0 aliphatic carbocycles. The van der Waals surface area contributed by atoms with Crippen molar-refractivity contribution in [3.05, 3.63) is 87.8 Å². The van der Waals surface area contributed by atoms with Crippen LogP contribution < -0.4 is 10.6 Å². The first-order valence-corrected chi connectivity index (χ1v) is 9.38. The third kappa shape index (κ3) is 5.68. The molecule has 0 unspecified atom stereocenters. The summed E-state index contributed by atoms with van der Waals surface area (Å²) in [5, 5.41) is 5.01. The highest BCUT2D eigenvalue weighted by Crippen LogP contribution is 2.37. The average molecular weight is 469 g/mol. The van der Waals surface area contributed by atoms with Crippen LogP contribution in [0.15, 0.2) is 65.5 Å². The van der Waals surface area contributed by atoms with Gasteiger partial charge in [-0.1, -0.05) is 35.3 Å². The van der Waals surface area contributed by atoms with Crippen molar-refractivity contribution in [3.8, 4) is 0 Å². The van der Waals surface area contributed by atoms with Gasteiger partial charge in [-0.05, 0) is 42.0 Å². The Labute approximate surface area is 184 Å². The van der Waals surface area contributed by atoms with Crippen LogP contribution in [0.2, 0.25) is 10.0 Å². The second kappa shape index (κ2) is 9.28. The van der Waals surface area contributed by atoms with Crippen LogP contribution in [-0.4, -0.2) is 11.8 Å². The minimum Gasteiger partial charge on any atom is -0.472 e. The molecule has 31 heavy (non-hydrogen) atoms. The first-order valence-electron chi connectivity index (χ1n) is 8.63. The number of rotatable bonds is 5. The molecule has 0 atom stereocenters. The van der Waals surface area contributed by atoms with Crippen molar-refractivity contribution in [3.63, 3.8) is 0 Å². The molecule has 160 valence electrons. The predicted octanol–water partition coefficient (Wildman–Crippen LogP) is 6.51. The lowest BCUT2D eigenvalue weighted by molar-refractivity contribution is -0.136. The molecule has 2 amide bonds. The Morgan fingerprint density at radius 2 is 1.81 bits per heavy atom. The van der Waals surface area contributed by atoms with Crippen LogP contribution in [0.4, 0.5) is 24.5 Å². The molecule has 0 spiro atoms. The molecule has 0 aliphatic rings. The topological polar surface area (TPSA) is 71.3 Å². The van der Waals surface area contributed by atoms with Gasteiger partial charge in [0.05, 0.1) is 33.1 Å². The van der Waals surface area contributed by atoms with Crippen molar-refractivity contribution in [2.45, 2.75) is 6.18 Å². The molecule has 0 radical (unpaired) electrons. The van der Waals surface area contributed by atoms with Gasteiger partial charge in [-0.3, -0.25) is 9.59 Å². The summed E-state index contributed by atoms with van der Waals surface area (Å²) >= 11 is 11.9. The monoisotopic (exact) mass is 468 g/mol. The number of amides is 2. The normalized spacial score (nSPS) is 11.5. The minimum absolute atomic E-state index is 0.0993. The molecule has 5 nitrogen and oxygen atoms in total. The summed E-state index contributed by atoms with van der Waals surface area (Å²) < 4.78 is 45.3. The summed E-state index contributed by atoms with van der Waals surface area (Å²) in [5.74, 6) is -1.45. The summed E-state index contributed by atoms with van der Waals surface area (Å²) in [6.45, 7) is 0. The standard InChI is InChI=1S/C21H13Cl2F3N2O3/c22-16-3-1-2-12(19(16)23)4-7-18(29)28-17-6-5-14(10-15(17)21(24,25)26)27-20(30)13-8-9-31-11-13/h1-11H,(H,27,30)(H,28,29)/b7-4+. The fourth-order valence-corrected chi connectivity index (χ4v) is 2.92. The highest BCUT2D eigenvalue weighted by molar-refractivity contribution is 6.42. The second-order valence-corrected chi connectivity index (χ2v) is 6.98. The van der Waals surface area contributed by atoms with Gasteiger partial charge in [-0.25, -0.2) is 0 Å². The molecule has 2 aromatic carbocycles. The zero-order valence-electron chi connectivity index (χ0n) is 15.5. The molecule has 0 bridgehead atoms. The van der Waals surface area contributed by atoms with Gasteiger partial charge in [0.2, 0.25) is 5.91 Å². The number of furan rings is 1. The van der Waals surface area contributed by atoms with Gasteiger partial charge >= 0.3 is 6.18 Å². The van der Waals surface area contributed by atoms with Crippen molar-refractivity contribution in [1.82, 2.24) is 0 Å². The molecular formula is C21H13Cl2F3N2O3. The Bertz CT molecular complexity index is 1140. The number of benzene rings is 2. The molecule has 3 aromatic rings. The van der Waals surface area contributed by atoms with Gasteiger partial charge in [0.25, 0.3) is 5.91 Å². The number of nitrogens with one attached hydrogen (secondary N) is 2. The van der Waals surface area contributed by atoms with E-state index in [-0.39, 0.29) is 21.3 Å². The zero-order valence-corrected chi connectivity index (χ0v) is 17.0. The Morgan fingerprint density at radius 3 is 2.48 bits per heavy atom. The van der Waals surface area contributed by atoms with E-state index in [2.05, 4.69) is 10.6 Å². The molecule has 3 rings (SSSR count). The molecular weight excluding hydrogens is 456 g/mol. The number of hydrogen-bond donors (Lipinski definition) is 2. The summed E-state index contributed by atoms with van der Waals surface area (Å²) in [6, 6.07) is 9.15. The molecule has 0 saturated carbocycles. The largest absolute Gasteiger partial charge is 0.472 e. The van der Waals surface area contributed by atoms with E-state index in [0.717, 1.165) is 24.5 Å². The van der Waals surface area contributed by atoms with Crippen LogP contribution in [0.1, 0.15) is 21.5 Å². The third-order valence-electron chi connectivity index (χ3n) is 4.02. The molecule has 0 fully saturated rings. The Balaban J connectivity index is 1.80. The average Bonchev–Trinajstić information content (AvgIpc) is 3.24. The number of hydrogen-bond acceptors (Lipinski definition) is 3. The van der Waals surface area contributed by atoms with Gasteiger partial charge in [0.1, 0.15) is 6.26 Å². The first-order chi connectivity index (χ1) is 14.6. The van der Waals surface area contributed by atoms with Gasteiger partial charge < -0.3 is 15.1 Å². The summed E-state index contributed by atoms with van der Waals surface area (Å²) in [5.41, 5.74) is -1.12. The van der Waals surface area contributed by atoms with E-state index in [1.165, 1.54) is 24.5 Å². The maximum absolute atomic E-state index is 13.5. The minimum atomic E-state index is -4.78. The number of halogens is 5. The smallest absolute Gasteiger partial charge is 0.418 e. The Hall–Kier alpha value is -3.23. The van der Waals surface area contributed by atoms with E-state index in [1.807, 2.05) is 0 Å². The van der Waals surface area contributed by atoms with Crippen LogP contribution >= 0.6 is 23.2 Å². The van der Waals surface area contributed by atoms with Crippen LogP contribution in [0.5, 0.6) is 0 Å². The summed E-state index contributed by atoms with van der Waals surface area (Å²) in [4.78, 5) is 24.2. The van der Waals surface area contributed by atoms with Crippen molar-refractivity contribution < 1.29 is 27.2 Å². The van der Waals surface area contributed by atoms with E-state index in [1.54, 1.807) is 18.2 Å². The SMILES string of the molecule is O=C(/C=C/c1cccc(Cl)c1Cl)Nc1ccc(NC(=O)c2ccoc2)cc1C(F)(F)F. The highest BCUT2D eigenvalue weighted by Gasteiger charge is 2.34. The number of alkyl halides is 3. The number of carbonyl (C=O) groups is 2. The van der Waals surface area contributed by atoms with E-state index >= 15 is 0 Å². The lowest BCUT2D eigenvalue weighted by atomic mass is 10.1. The van der Waals surface area contributed by atoms with Gasteiger partial charge in [-0.15, -0.1) is 0 Å². The molecule has 10 heteroatoms. The molecule has 0 saturated heterocycles. The molecule has 1 aromatic heterocycles. The fourth-order valence-electron chi connectivity index (χ4n) is 2.55. The predicted molar refractivity (Wildman–Crippen MR) is 112 cm³/mol. The van der Waals surface area contributed by atoms with Gasteiger partial charge in [0, 0.05) is 11.8 Å². The quantitative estimate of drug-likeness (QED) is 0.419. The maximum Gasteiger partial charge on any atom is 0.418 e. The Kier molecular flexibility index (Phi) is 6.72. The Morgan fingerprint density at radius 1 is 1.03 bits per heavy atom. The summed E-state index contributed by atoms with van der Waals surface area (Å²) in [6.07, 6.45) is 0.00739. The van der Waals surface area contributed by atoms with E-state index in [9.17, 15) is 22.8 Å². The highest BCUT2D eigenvalue weighted by atomic mass is 35.5. The van der Waals surface area contributed by atoms with E-state index < -0.39 is 29.2 Å². The van der Waals surface area contributed by atoms with E-state index in [4.69, 9.17) is 27.6 Å². The van der Waals surface area contributed by atoms with E-state index in [0.29, 0.717) is 5.56 Å².